The quantitative estimate of drug-likeness (QED) is 0.303. The van der Waals surface area contributed by atoms with Crippen LogP contribution >= 0.6 is 0 Å². The second-order valence-corrected chi connectivity index (χ2v) is 4.37. The van der Waals surface area contributed by atoms with Gasteiger partial charge in [0.1, 0.15) is 0 Å². The van der Waals surface area contributed by atoms with Crippen molar-refractivity contribution >= 4 is 0 Å². The highest BCUT2D eigenvalue weighted by Crippen LogP contribution is 2.03. The van der Waals surface area contributed by atoms with E-state index in [4.69, 9.17) is 0 Å². The second-order valence-electron chi connectivity index (χ2n) is 4.37. The molecule has 1 radical (unpaired) electrons. The van der Waals surface area contributed by atoms with E-state index in [1.165, 1.54) is 57.8 Å². The molecule has 0 rings (SSSR count). The maximum absolute atomic E-state index is 3.84. The predicted molar refractivity (Wildman–Crippen MR) is 75.5 cm³/mol. The largest absolute Gasteiger partial charge is 0.0885 e. The van der Waals surface area contributed by atoms with E-state index < -0.39 is 0 Å². The molecule has 0 saturated carbocycles. The summed E-state index contributed by atoms with van der Waals surface area (Å²) in [6.07, 6.45) is 21.9. The van der Waals surface area contributed by atoms with E-state index >= 15 is 0 Å². The molecule has 0 aliphatic carbocycles. The van der Waals surface area contributed by atoms with Gasteiger partial charge in [-0.3, -0.25) is 0 Å². The average Bonchev–Trinajstić information content (AvgIpc) is 2.31. The molecule has 0 aromatic carbocycles. The normalized spacial score (nSPS) is 11.9. The summed E-state index contributed by atoms with van der Waals surface area (Å²) in [5, 5.41) is 0. The van der Waals surface area contributed by atoms with Gasteiger partial charge in [0.05, 0.1) is 0 Å². The summed E-state index contributed by atoms with van der Waals surface area (Å²) >= 11 is 0. The minimum atomic E-state index is 1.08. The first-order valence-corrected chi connectivity index (χ1v) is 7.01. The summed E-state index contributed by atoms with van der Waals surface area (Å²) in [7, 11) is 0. The van der Waals surface area contributed by atoms with Crippen LogP contribution in [-0.4, -0.2) is 0 Å². The zero-order chi connectivity index (χ0) is 11.9. The van der Waals surface area contributed by atoms with E-state index in [0.717, 1.165) is 6.42 Å². The lowest BCUT2D eigenvalue weighted by Crippen LogP contribution is -1.73. The van der Waals surface area contributed by atoms with Crippen molar-refractivity contribution in [2.24, 2.45) is 0 Å². The molecule has 0 heterocycles. The Morgan fingerprint density at radius 2 is 1.19 bits per heavy atom. The molecule has 0 aromatic heterocycles. The maximum atomic E-state index is 3.84. The molecule has 0 nitrogen and oxygen atoms in total. The Hall–Kier alpha value is -0.520. The van der Waals surface area contributed by atoms with Crippen molar-refractivity contribution in [3.63, 3.8) is 0 Å². The summed E-state index contributed by atoms with van der Waals surface area (Å²) in [5.74, 6) is 0. The van der Waals surface area contributed by atoms with Crippen molar-refractivity contribution in [3.05, 3.63) is 31.2 Å². The van der Waals surface area contributed by atoms with Gasteiger partial charge in [0.2, 0.25) is 0 Å². The van der Waals surface area contributed by atoms with Gasteiger partial charge in [0, 0.05) is 0 Å². The Balaban J connectivity index is 3.10. The highest BCUT2D eigenvalue weighted by atomic mass is 13.9. The Morgan fingerprint density at radius 1 is 0.688 bits per heavy atom. The molecule has 0 spiro atoms. The molecule has 0 atom stereocenters. The summed E-state index contributed by atoms with van der Waals surface area (Å²) in [6, 6.07) is 0. The summed E-state index contributed by atoms with van der Waals surface area (Å²) < 4.78 is 0. The van der Waals surface area contributed by atoms with Crippen LogP contribution in [0, 0.1) is 6.92 Å². The van der Waals surface area contributed by atoms with E-state index in [1.807, 2.05) is 0 Å². The van der Waals surface area contributed by atoms with Crippen LogP contribution in [0.1, 0.15) is 71.1 Å². The highest BCUT2D eigenvalue weighted by molar-refractivity contribution is 4.85. The van der Waals surface area contributed by atoms with Crippen LogP contribution in [-0.2, 0) is 0 Å². The van der Waals surface area contributed by atoms with Gasteiger partial charge in [-0.2, -0.15) is 0 Å². The minimum absolute atomic E-state index is 1.08. The van der Waals surface area contributed by atoms with Crippen molar-refractivity contribution in [2.75, 3.05) is 0 Å². The van der Waals surface area contributed by atoms with Crippen LogP contribution in [0.5, 0.6) is 0 Å². The first-order valence-electron chi connectivity index (χ1n) is 7.01. The standard InChI is InChI=1S/C16H29/c1-3-5-7-9-11-13-15-16-14-12-10-8-6-4-2/h10-13H,1,3-9,14-16H2,2H3/b12-10+,13-11+. The molecule has 16 heavy (non-hydrogen) atoms. The number of allylic oxidation sites excluding steroid dienone is 4. The molecule has 0 aliphatic heterocycles. The average molecular weight is 221 g/mol. The number of rotatable bonds is 11. The second kappa shape index (κ2) is 14.5. The third-order valence-corrected chi connectivity index (χ3v) is 2.67. The van der Waals surface area contributed by atoms with Gasteiger partial charge in [-0.05, 0) is 38.5 Å². The van der Waals surface area contributed by atoms with Gasteiger partial charge in [-0.1, -0.05) is 63.8 Å². The van der Waals surface area contributed by atoms with Crippen LogP contribution in [0.4, 0.5) is 0 Å². The van der Waals surface area contributed by atoms with Crippen molar-refractivity contribution in [1.29, 1.82) is 0 Å². The minimum Gasteiger partial charge on any atom is -0.0885 e. The SMILES string of the molecule is [CH2]CCCC/C=C/CCC/C=C/CCCC. The maximum Gasteiger partial charge on any atom is -0.0348 e. The molecule has 0 aliphatic rings. The molecule has 0 saturated heterocycles. The third kappa shape index (κ3) is 13.5. The molecule has 93 valence electrons. The van der Waals surface area contributed by atoms with Gasteiger partial charge in [-0.15, -0.1) is 0 Å². The van der Waals surface area contributed by atoms with Crippen LogP contribution in [0.2, 0.25) is 0 Å². The van der Waals surface area contributed by atoms with E-state index in [-0.39, 0.29) is 0 Å². The smallest absolute Gasteiger partial charge is 0.0348 e. The zero-order valence-electron chi connectivity index (χ0n) is 11.1. The fourth-order valence-electron chi connectivity index (χ4n) is 1.59. The summed E-state index contributed by atoms with van der Waals surface area (Å²) in [4.78, 5) is 0. The van der Waals surface area contributed by atoms with Gasteiger partial charge in [0.15, 0.2) is 0 Å². The molecule has 0 amide bonds. The molecule has 0 unspecified atom stereocenters. The Bertz CT molecular complexity index is 165. The molecule has 0 bridgehead atoms. The van der Waals surface area contributed by atoms with Crippen LogP contribution in [0.25, 0.3) is 0 Å². The monoisotopic (exact) mass is 221 g/mol. The lowest BCUT2D eigenvalue weighted by molar-refractivity contribution is 0.756. The molecular weight excluding hydrogens is 192 g/mol. The van der Waals surface area contributed by atoms with E-state index in [0.29, 0.717) is 0 Å². The van der Waals surface area contributed by atoms with Gasteiger partial charge < -0.3 is 0 Å². The number of unbranched alkanes of at least 4 members (excludes halogenated alkanes) is 7. The zero-order valence-corrected chi connectivity index (χ0v) is 11.1. The van der Waals surface area contributed by atoms with E-state index in [2.05, 4.69) is 38.2 Å². The molecule has 0 N–H and O–H groups in total. The number of hydrogen-bond acceptors (Lipinski definition) is 0. The van der Waals surface area contributed by atoms with Crippen LogP contribution in [0.3, 0.4) is 0 Å². The van der Waals surface area contributed by atoms with Crippen LogP contribution in [0.15, 0.2) is 24.3 Å². The molecular formula is C16H29. The van der Waals surface area contributed by atoms with E-state index in [9.17, 15) is 0 Å². The third-order valence-electron chi connectivity index (χ3n) is 2.67. The summed E-state index contributed by atoms with van der Waals surface area (Å²) in [6.45, 7) is 6.09. The Labute approximate surface area is 103 Å². The molecule has 0 fully saturated rings. The van der Waals surface area contributed by atoms with Crippen LogP contribution < -0.4 is 0 Å². The highest BCUT2D eigenvalue weighted by Gasteiger charge is 1.83. The fraction of sp³-hybridized carbons (Fsp3) is 0.688. The van der Waals surface area contributed by atoms with Crippen molar-refractivity contribution in [2.45, 2.75) is 71.1 Å². The van der Waals surface area contributed by atoms with Gasteiger partial charge in [-0.25, -0.2) is 0 Å². The van der Waals surface area contributed by atoms with Gasteiger partial charge >= 0.3 is 0 Å². The number of hydrogen-bond donors (Lipinski definition) is 0. The lowest BCUT2D eigenvalue weighted by atomic mass is 10.1. The fourth-order valence-corrected chi connectivity index (χ4v) is 1.59. The molecule has 0 aromatic rings. The van der Waals surface area contributed by atoms with Crippen molar-refractivity contribution < 1.29 is 0 Å². The molecule has 0 heteroatoms. The first kappa shape index (κ1) is 15.5. The Morgan fingerprint density at radius 3 is 1.69 bits per heavy atom. The van der Waals surface area contributed by atoms with E-state index in [1.54, 1.807) is 0 Å². The Kier molecular flexibility index (Phi) is 14.0. The predicted octanol–water partition coefficient (Wildman–Crippen LogP) is 5.85. The van der Waals surface area contributed by atoms with Gasteiger partial charge in [0.25, 0.3) is 0 Å². The lowest BCUT2D eigenvalue weighted by Gasteiger charge is -1.93. The van der Waals surface area contributed by atoms with Crippen molar-refractivity contribution in [1.82, 2.24) is 0 Å². The van der Waals surface area contributed by atoms with Crippen molar-refractivity contribution in [3.8, 4) is 0 Å². The summed E-state index contributed by atoms with van der Waals surface area (Å²) in [5.41, 5.74) is 0. The first-order chi connectivity index (χ1) is 7.91. The topological polar surface area (TPSA) is 0 Å².